The molecule has 0 bridgehead atoms. The first-order valence-electron chi connectivity index (χ1n) is 7.50. The molecule has 0 spiro atoms. The predicted octanol–water partition coefficient (Wildman–Crippen LogP) is 3.11. The molecule has 3 rings (SSSR count). The standard InChI is InChI=1S/C17H17ClN2O2S/c18-14-3-1-12(2-4-14)17(22)19-8-5-16(21)20-9-6-15-13(11-20)7-10-23-15/h1-4,7,10H,5-6,8-9,11H2,(H,19,22). The number of hydrogen-bond acceptors (Lipinski definition) is 3. The van der Waals surface area contributed by atoms with Gasteiger partial charge in [-0.3, -0.25) is 9.59 Å². The fourth-order valence-electron chi connectivity index (χ4n) is 2.61. The largest absolute Gasteiger partial charge is 0.352 e. The zero-order valence-corrected chi connectivity index (χ0v) is 14.1. The molecule has 0 aliphatic carbocycles. The maximum atomic E-state index is 12.3. The van der Waals surface area contributed by atoms with Gasteiger partial charge in [-0.15, -0.1) is 11.3 Å². The summed E-state index contributed by atoms with van der Waals surface area (Å²) in [5.41, 5.74) is 1.79. The second-order valence-corrected chi connectivity index (χ2v) is 6.88. The van der Waals surface area contributed by atoms with E-state index in [-0.39, 0.29) is 11.8 Å². The molecule has 23 heavy (non-hydrogen) atoms. The van der Waals surface area contributed by atoms with Crippen LogP contribution in [0.25, 0.3) is 0 Å². The van der Waals surface area contributed by atoms with Crippen molar-refractivity contribution in [1.82, 2.24) is 10.2 Å². The van der Waals surface area contributed by atoms with Crippen LogP contribution in [-0.2, 0) is 17.8 Å². The number of hydrogen-bond donors (Lipinski definition) is 1. The smallest absolute Gasteiger partial charge is 0.251 e. The van der Waals surface area contributed by atoms with Gasteiger partial charge in [-0.2, -0.15) is 0 Å². The Kier molecular flexibility index (Phi) is 4.98. The number of rotatable bonds is 4. The van der Waals surface area contributed by atoms with Crippen molar-refractivity contribution in [3.05, 3.63) is 56.7 Å². The van der Waals surface area contributed by atoms with Crippen molar-refractivity contribution < 1.29 is 9.59 Å². The minimum absolute atomic E-state index is 0.0817. The number of nitrogens with zero attached hydrogens (tertiary/aromatic N) is 1. The highest BCUT2D eigenvalue weighted by Crippen LogP contribution is 2.24. The normalized spacial score (nSPS) is 13.5. The van der Waals surface area contributed by atoms with Crippen molar-refractivity contribution in [2.45, 2.75) is 19.4 Å². The van der Waals surface area contributed by atoms with Crippen LogP contribution in [0.2, 0.25) is 5.02 Å². The van der Waals surface area contributed by atoms with Gasteiger partial charge in [-0.25, -0.2) is 0 Å². The van der Waals surface area contributed by atoms with Crippen LogP contribution in [0, 0.1) is 0 Å². The molecule has 2 amide bonds. The third-order valence-electron chi connectivity index (χ3n) is 3.89. The number of thiophene rings is 1. The Morgan fingerprint density at radius 2 is 2.00 bits per heavy atom. The molecule has 4 nitrogen and oxygen atoms in total. The van der Waals surface area contributed by atoms with Gasteiger partial charge in [-0.05, 0) is 47.7 Å². The van der Waals surface area contributed by atoms with Gasteiger partial charge in [0.2, 0.25) is 5.91 Å². The van der Waals surface area contributed by atoms with Crippen LogP contribution in [-0.4, -0.2) is 29.8 Å². The lowest BCUT2D eigenvalue weighted by atomic mass is 10.1. The Morgan fingerprint density at radius 3 is 2.78 bits per heavy atom. The van der Waals surface area contributed by atoms with Crippen molar-refractivity contribution in [2.24, 2.45) is 0 Å². The van der Waals surface area contributed by atoms with Gasteiger partial charge >= 0.3 is 0 Å². The molecular formula is C17H17ClN2O2S. The molecule has 1 aromatic carbocycles. The van der Waals surface area contributed by atoms with Crippen molar-refractivity contribution >= 4 is 34.8 Å². The lowest BCUT2D eigenvalue weighted by molar-refractivity contribution is -0.131. The van der Waals surface area contributed by atoms with E-state index >= 15 is 0 Å². The first kappa shape index (κ1) is 16.0. The summed E-state index contributed by atoms with van der Waals surface area (Å²) < 4.78 is 0. The Morgan fingerprint density at radius 1 is 1.22 bits per heavy atom. The van der Waals surface area contributed by atoms with Crippen LogP contribution in [0.15, 0.2) is 35.7 Å². The van der Waals surface area contributed by atoms with E-state index in [4.69, 9.17) is 11.6 Å². The monoisotopic (exact) mass is 348 g/mol. The third-order valence-corrected chi connectivity index (χ3v) is 5.17. The summed E-state index contributed by atoms with van der Waals surface area (Å²) in [4.78, 5) is 27.5. The number of carbonyl (C=O) groups is 2. The molecule has 0 saturated heterocycles. The maximum absolute atomic E-state index is 12.3. The molecule has 6 heteroatoms. The number of halogens is 1. The molecular weight excluding hydrogens is 332 g/mol. The zero-order chi connectivity index (χ0) is 16.2. The fraction of sp³-hybridized carbons (Fsp3) is 0.294. The maximum Gasteiger partial charge on any atom is 0.251 e. The first-order valence-corrected chi connectivity index (χ1v) is 8.76. The average molecular weight is 349 g/mol. The molecule has 0 saturated carbocycles. The van der Waals surface area contributed by atoms with E-state index in [9.17, 15) is 9.59 Å². The van der Waals surface area contributed by atoms with E-state index < -0.39 is 0 Å². The SMILES string of the molecule is O=C(NCCC(=O)N1CCc2sccc2C1)c1ccc(Cl)cc1. The summed E-state index contributed by atoms with van der Waals surface area (Å²) in [6, 6.07) is 8.77. The van der Waals surface area contributed by atoms with Crippen LogP contribution in [0.5, 0.6) is 0 Å². The predicted molar refractivity (Wildman–Crippen MR) is 91.8 cm³/mol. The van der Waals surface area contributed by atoms with Crippen molar-refractivity contribution in [3.63, 3.8) is 0 Å². The van der Waals surface area contributed by atoms with Gasteiger partial charge in [-0.1, -0.05) is 11.6 Å². The van der Waals surface area contributed by atoms with E-state index in [0.717, 1.165) is 13.0 Å². The van der Waals surface area contributed by atoms with Gasteiger partial charge in [0, 0.05) is 41.5 Å². The number of nitrogens with one attached hydrogen (secondary N) is 1. The number of benzene rings is 1. The minimum Gasteiger partial charge on any atom is -0.352 e. The van der Waals surface area contributed by atoms with E-state index in [0.29, 0.717) is 30.1 Å². The van der Waals surface area contributed by atoms with Crippen molar-refractivity contribution in [3.8, 4) is 0 Å². The molecule has 0 fully saturated rings. The summed E-state index contributed by atoms with van der Waals surface area (Å²) in [5.74, 6) is -0.105. The molecule has 1 aliphatic heterocycles. The number of amides is 2. The van der Waals surface area contributed by atoms with Gasteiger partial charge in [0.15, 0.2) is 0 Å². The molecule has 2 aromatic rings. The highest BCUT2D eigenvalue weighted by Gasteiger charge is 2.21. The Bertz CT molecular complexity index is 712. The summed E-state index contributed by atoms with van der Waals surface area (Å²) in [6.07, 6.45) is 1.24. The lowest BCUT2D eigenvalue weighted by Gasteiger charge is -2.27. The zero-order valence-electron chi connectivity index (χ0n) is 12.5. The molecule has 0 unspecified atom stereocenters. The Hall–Kier alpha value is -1.85. The number of fused-ring (bicyclic) bond motifs is 1. The van der Waals surface area contributed by atoms with Crippen LogP contribution in [0.1, 0.15) is 27.2 Å². The van der Waals surface area contributed by atoms with E-state index in [1.165, 1.54) is 10.4 Å². The Balaban J connectivity index is 1.46. The molecule has 120 valence electrons. The van der Waals surface area contributed by atoms with Gasteiger partial charge in [0.1, 0.15) is 0 Å². The summed E-state index contributed by atoms with van der Waals surface area (Å²) in [7, 11) is 0. The third kappa shape index (κ3) is 3.92. The van der Waals surface area contributed by atoms with Crippen LogP contribution in [0.4, 0.5) is 0 Å². The molecule has 0 atom stereocenters. The first-order chi connectivity index (χ1) is 11.1. The van der Waals surface area contributed by atoms with E-state index in [1.54, 1.807) is 35.6 Å². The van der Waals surface area contributed by atoms with Crippen molar-refractivity contribution in [2.75, 3.05) is 13.1 Å². The van der Waals surface area contributed by atoms with Crippen LogP contribution >= 0.6 is 22.9 Å². The fourth-order valence-corrected chi connectivity index (χ4v) is 3.62. The quantitative estimate of drug-likeness (QED) is 0.923. The van der Waals surface area contributed by atoms with Crippen LogP contribution in [0.3, 0.4) is 0 Å². The van der Waals surface area contributed by atoms with Gasteiger partial charge in [0.05, 0.1) is 0 Å². The van der Waals surface area contributed by atoms with Crippen LogP contribution < -0.4 is 5.32 Å². The lowest BCUT2D eigenvalue weighted by Crippen LogP contribution is -2.37. The molecule has 0 radical (unpaired) electrons. The summed E-state index contributed by atoms with van der Waals surface area (Å²) in [6.45, 7) is 1.79. The average Bonchev–Trinajstić information content (AvgIpc) is 3.02. The number of carbonyl (C=O) groups excluding carboxylic acids is 2. The Labute approximate surface area is 144 Å². The van der Waals surface area contributed by atoms with E-state index in [1.807, 2.05) is 4.90 Å². The van der Waals surface area contributed by atoms with E-state index in [2.05, 4.69) is 16.8 Å². The van der Waals surface area contributed by atoms with Crippen molar-refractivity contribution in [1.29, 1.82) is 0 Å². The highest BCUT2D eigenvalue weighted by atomic mass is 35.5. The highest BCUT2D eigenvalue weighted by molar-refractivity contribution is 7.10. The summed E-state index contributed by atoms with van der Waals surface area (Å²) in [5, 5.41) is 5.44. The minimum atomic E-state index is -0.187. The second kappa shape index (κ2) is 7.15. The summed E-state index contributed by atoms with van der Waals surface area (Å²) >= 11 is 7.55. The molecule has 1 aromatic heterocycles. The second-order valence-electron chi connectivity index (χ2n) is 5.45. The molecule has 1 N–H and O–H groups in total. The van der Waals surface area contributed by atoms with Gasteiger partial charge < -0.3 is 10.2 Å². The molecule has 2 heterocycles. The topological polar surface area (TPSA) is 49.4 Å². The molecule has 1 aliphatic rings. The van der Waals surface area contributed by atoms with Gasteiger partial charge in [0.25, 0.3) is 5.91 Å².